The quantitative estimate of drug-likeness (QED) is 0.424. The summed E-state index contributed by atoms with van der Waals surface area (Å²) in [5, 5.41) is 0. The smallest absolute Gasteiger partial charge is 0.403 e. The lowest BCUT2D eigenvalue weighted by Gasteiger charge is -2.28. The predicted octanol–water partition coefficient (Wildman–Crippen LogP) is 8.17. The first kappa shape index (κ1) is 22.7. The standard InChI is InChI=1S/C25H24F6O/c1-2-14-3-5-15(6-4-14)19-11-21(27)24(22(28)12-19)17-8-7-16-13-23(32-25(29,30)31)20(26)10-18(16)9-17/h9-15H,2-8H2,1H3. The molecule has 2 aliphatic carbocycles. The zero-order valence-corrected chi connectivity index (χ0v) is 17.7. The van der Waals surface area contributed by atoms with Crippen LogP contribution in [0, 0.1) is 23.4 Å². The Kier molecular flexibility index (Phi) is 6.28. The Labute approximate surface area is 183 Å². The molecule has 0 amide bonds. The van der Waals surface area contributed by atoms with Crippen LogP contribution in [-0.4, -0.2) is 6.36 Å². The predicted molar refractivity (Wildman–Crippen MR) is 111 cm³/mol. The molecule has 0 aliphatic heterocycles. The number of alkyl halides is 3. The molecule has 172 valence electrons. The number of hydrogen-bond donors (Lipinski definition) is 0. The van der Waals surface area contributed by atoms with Crippen molar-refractivity contribution >= 4 is 11.6 Å². The molecule has 0 unspecified atom stereocenters. The van der Waals surface area contributed by atoms with E-state index in [1.165, 1.54) is 18.2 Å². The van der Waals surface area contributed by atoms with Crippen LogP contribution in [0.15, 0.2) is 24.3 Å². The maximum Gasteiger partial charge on any atom is 0.573 e. The van der Waals surface area contributed by atoms with Gasteiger partial charge in [0.15, 0.2) is 11.6 Å². The van der Waals surface area contributed by atoms with Crippen molar-refractivity contribution in [3.8, 4) is 5.75 Å². The Hall–Kier alpha value is -2.44. The molecule has 0 atom stereocenters. The second-order valence-corrected chi connectivity index (χ2v) is 8.68. The van der Waals surface area contributed by atoms with Crippen molar-refractivity contribution in [2.24, 2.45) is 5.92 Å². The zero-order valence-electron chi connectivity index (χ0n) is 17.7. The van der Waals surface area contributed by atoms with Crippen molar-refractivity contribution in [2.75, 3.05) is 0 Å². The maximum atomic E-state index is 15.0. The summed E-state index contributed by atoms with van der Waals surface area (Å²) in [4.78, 5) is 0. The molecule has 0 bridgehead atoms. The van der Waals surface area contributed by atoms with Crippen LogP contribution in [0.1, 0.15) is 73.6 Å². The molecule has 1 nitrogen and oxygen atoms in total. The molecule has 4 rings (SSSR count). The van der Waals surface area contributed by atoms with Gasteiger partial charge in [-0.25, -0.2) is 13.2 Å². The van der Waals surface area contributed by atoms with Gasteiger partial charge in [0.2, 0.25) is 0 Å². The van der Waals surface area contributed by atoms with E-state index >= 15 is 0 Å². The summed E-state index contributed by atoms with van der Waals surface area (Å²) >= 11 is 0. The van der Waals surface area contributed by atoms with Crippen LogP contribution in [0.4, 0.5) is 26.3 Å². The fourth-order valence-corrected chi connectivity index (χ4v) is 4.93. The topological polar surface area (TPSA) is 9.23 Å². The third kappa shape index (κ3) is 4.81. The van der Waals surface area contributed by atoms with Crippen LogP contribution in [0.3, 0.4) is 0 Å². The van der Waals surface area contributed by atoms with Crippen molar-refractivity contribution < 1.29 is 31.1 Å². The van der Waals surface area contributed by atoms with E-state index < -0.39 is 29.6 Å². The molecule has 2 aromatic carbocycles. The Morgan fingerprint density at radius 3 is 2.12 bits per heavy atom. The van der Waals surface area contributed by atoms with Crippen LogP contribution in [0.2, 0.25) is 0 Å². The van der Waals surface area contributed by atoms with Gasteiger partial charge in [0, 0.05) is 5.56 Å². The van der Waals surface area contributed by atoms with Crippen molar-refractivity contribution in [3.63, 3.8) is 0 Å². The molecule has 7 heteroatoms. The highest BCUT2D eigenvalue weighted by molar-refractivity contribution is 5.85. The SMILES string of the molecule is CCC1CCC(c2cc(F)c(C3=Cc4cc(F)c(OC(F)(F)F)cc4CC3)c(F)c2)CC1. The third-order valence-corrected chi connectivity index (χ3v) is 6.69. The molecule has 0 saturated heterocycles. The summed E-state index contributed by atoms with van der Waals surface area (Å²) in [6, 6.07) is 4.69. The van der Waals surface area contributed by atoms with Gasteiger partial charge >= 0.3 is 6.36 Å². The maximum absolute atomic E-state index is 15.0. The second-order valence-electron chi connectivity index (χ2n) is 8.68. The average Bonchev–Trinajstić information content (AvgIpc) is 2.73. The molecule has 0 spiro atoms. The van der Waals surface area contributed by atoms with Crippen LogP contribution in [0.5, 0.6) is 5.75 Å². The van der Waals surface area contributed by atoms with E-state index in [1.54, 1.807) is 0 Å². The zero-order chi connectivity index (χ0) is 23.0. The Morgan fingerprint density at radius 2 is 1.53 bits per heavy atom. The fraction of sp³-hybridized carbons (Fsp3) is 0.440. The van der Waals surface area contributed by atoms with E-state index in [4.69, 9.17) is 0 Å². The molecule has 0 aromatic heterocycles. The van der Waals surface area contributed by atoms with Crippen LogP contribution in [0.25, 0.3) is 11.6 Å². The highest BCUT2D eigenvalue weighted by Crippen LogP contribution is 2.40. The number of halogens is 6. The second kappa shape index (κ2) is 8.83. The first-order valence-corrected chi connectivity index (χ1v) is 10.9. The third-order valence-electron chi connectivity index (χ3n) is 6.69. The lowest BCUT2D eigenvalue weighted by Crippen LogP contribution is -2.18. The van der Waals surface area contributed by atoms with Gasteiger partial charge in [-0.15, -0.1) is 13.2 Å². The Morgan fingerprint density at radius 1 is 0.875 bits per heavy atom. The van der Waals surface area contributed by atoms with Crippen LogP contribution < -0.4 is 4.74 Å². The number of hydrogen-bond acceptors (Lipinski definition) is 1. The molecule has 2 aliphatic rings. The number of rotatable bonds is 4. The number of ether oxygens (including phenoxy) is 1. The van der Waals surface area contributed by atoms with E-state index in [9.17, 15) is 26.3 Å². The normalized spacial score (nSPS) is 21.2. The number of aryl methyl sites for hydroxylation is 1. The molecule has 1 fully saturated rings. The summed E-state index contributed by atoms with van der Waals surface area (Å²) < 4.78 is 85.2. The number of fused-ring (bicyclic) bond motifs is 1. The summed E-state index contributed by atoms with van der Waals surface area (Å²) in [5.74, 6) is -2.60. The minimum absolute atomic E-state index is 0.137. The number of benzene rings is 2. The summed E-state index contributed by atoms with van der Waals surface area (Å²) in [5.41, 5.74) is 1.59. The van der Waals surface area contributed by atoms with Crippen molar-refractivity contribution in [2.45, 2.75) is 64.1 Å². The minimum atomic E-state index is -5.01. The Bertz CT molecular complexity index is 1010. The van der Waals surface area contributed by atoms with Crippen molar-refractivity contribution in [3.05, 3.63) is 64.0 Å². The highest BCUT2D eigenvalue weighted by Gasteiger charge is 2.33. The first-order valence-electron chi connectivity index (χ1n) is 10.9. The molecular weight excluding hydrogens is 430 g/mol. The monoisotopic (exact) mass is 454 g/mol. The van der Waals surface area contributed by atoms with Crippen LogP contribution >= 0.6 is 0 Å². The number of allylic oxidation sites excluding steroid dienone is 1. The fourth-order valence-electron chi connectivity index (χ4n) is 4.93. The molecule has 0 heterocycles. The van der Waals surface area contributed by atoms with Gasteiger partial charge in [0.25, 0.3) is 0 Å². The molecule has 2 aromatic rings. The molecular formula is C25H24F6O. The average molecular weight is 454 g/mol. The van der Waals surface area contributed by atoms with E-state index in [0.29, 0.717) is 28.2 Å². The van der Waals surface area contributed by atoms with Gasteiger partial charge in [-0.2, -0.15) is 0 Å². The molecule has 0 radical (unpaired) electrons. The lowest BCUT2D eigenvalue weighted by molar-refractivity contribution is -0.275. The minimum Gasteiger partial charge on any atom is -0.403 e. The summed E-state index contributed by atoms with van der Waals surface area (Å²) in [6.45, 7) is 2.16. The van der Waals surface area contributed by atoms with Crippen molar-refractivity contribution in [1.29, 1.82) is 0 Å². The largest absolute Gasteiger partial charge is 0.573 e. The van der Waals surface area contributed by atoms with Gasteiger partial charge in [-0.3, -0.25) is 0 Å². The van der Waals surface area contributed by atoms with Gasteiger partial charge in [-0.05, 0) is 96.9 Å². The van der Waals surface area contributed by atoms with Gasteiger partial charge in [-0.1, -0.05) is 19.4 Å². The van der Waals surface area contributed by atoms with E-state index in [2.05, 4.69) is 11.7 Å². The molecule has 1 saturated carbocycles. The van der Waals surface area contributed by atoms with Crippen LogP contribution in [-0.2, 0) is 6.42 Å². The van der Waals surface area contributed by atoms with E-state index in [1.807, 2.05) is 0 Å². The highest BCUT2D eigenvalue weighted by atomic mass is 19.4. The summed E-state index contributed by atoms with van der Waals surface area (Å²) in [6.07, 6.45) is 1.92. The Balaban J connectivity index is 1.61. The first-order chi connectivity index (χ1) is 15.1. The van der Waals surface area contributed by atoms with E-state index in [-0.39, 0.29) is 24.3 Å². The summed E-state index contributed by atoms with van der Waals surface area (Å²) in [7, 11) is 0. The molecule has 32 heavy (non-hydrogen) atoms. The van der Waals surface area contributed by atoms with Crippen molar-refractivity contribution in [1.82, 2.24) is 0 Å². The van der Waals surface area contributed by atoms with Gasteiger partial charge < -0.3 is 4.74 Å². The lowest BCUT2D eigenvalue weighted by atomic mass is 9.77. The van der Waals surface area contributed by atoms with Gasteiger partial charge in [0.1, 0.15) is 11.6 Å². The molecule has 0 N–H and O–H groups in total. The van der Waals surface area contributed by atoms with E-state index in [0.717, 1.165) is 44.2 Å². The van der Waals surface area contributed by atoms with Gasteiger partial charge in [0.05, 0.1) is 0 Å².